The number of aryl methyl sites for hydroxylation is 1. The largest absolute Gasteiger partial charge is 0.322 e. The van der Waals surface area contributed by atoms with E-state index >= 15 is 0 Å². The van der Waals surface area contributed by atoms with Gasteiger partial charge >= 0.3 is 0 Å². The summed E-state index contributed by atoms with van der Waals surface area (Å²) in [4.78, 5) is 38.2. The minimum absolute atomic E-state index is 0.133. The third kappa shape index (κ3) is 5.52. The first-order valence-electron chi connectivity index (χ1n) is 12.3. The summed E-state index contributed by atoms with van der Waals surface area (Å²) in [5.41, 5.74) is 4.25. The van der Waals surface area contributed by atoms with Gasteiger partial charge in [-0.25, -0.2) is 0 Å². The van der Waals surface area contributed by atoms with E-state index in [0.717, 1.165) is 18.4 Å². The molecule has 0 fully saturated rings. The Hall–Kier alpha value is -5.04. The highest BCUT2D eigenvalue weighted by Gasteiger charge is 2.15. The summed E-state index contributed by atoms with van der Waals surface area (Å²) in [6, 6.07) is 24.8. The minimum atomic E-state index is -0.341. The second kappa shape index (κ2) is 10.9. The van der Waals surface area contributed by atoms with Gasteiger partial charge in [-0.15, -0.1) is 0 Å². The molecule has 3 aromatic carbocycles. The Morgan fingerprint density at radius 2 is 1.50 bits per heavy atom. The SMILES string of the molecule is Cn1nc(-c2ccc(NC(=O)C3=CCCC=C3)cc2)cc1NC(=O)c1cccc(C(=O)c2ccccc2)c1. The molecular weight excluding hydrogens is 476 g/mol. The Balaban J connectivity index is 1.27. The molecule has 0 saturated heterocycles. The van der Waals surface area contributed by atoms with Gasteiger partial charge in [0.25, 0.3) is 11.8 Å². The van der Waals surface area contributed by atoms with Crippen LogP contribution in [0.2, 0.25) is 0 Å². The van der Waals surface area contributed by atoms with E-state index in [2.05, 4.69) is 15.7 Å². The van der Waals surface area contributed by atoms with Crippen molar-refractivity contribution in [3.8, 4) is 11.3 Å². The number of nitrogens with zero attached hydrogens (tertiary/aromatic N) is 2. The van der Waals surface area contributed by atoms with Crippen molar-refractivity contribution in [3.05, 3.63) is 125 Å². The van der Waals surface area contributed by atoms with Gasteiger partial charge in [-0.3, -0.25) is 19.1 Å². The molecule has 0 bridgehead atoms. The maximum atomic E-state index is 13.0. The molecule has 0 unspecified atom stereocenters. The number of hydrogen-bond donors (Lipinski definition) is 2. The second-order valence-electron chi connectivity index (χ2n) is 8.94. The zero-order chi connectivity index (χ0) is 26.5. The molecule has 188 valence electrons. The summed E-state index contributed by atoms with van der Waals surface area (Å²) in [6.45, 7) is 0. The number of nitrogens with one attached hydrogen (secondary N) is 2. The number of benzene rings is 3. The molecule has 1 aliphatic carbocycles. The summed E-state index contributed by atoms with van der Waals surface area (Å²) < 4.78 is 1.59. The molecule has 7 nitrogen and oxygen atoms in total. The quantitative estimate of drug-likeness (QED) is 0.313. The van der Waals surface area contributed by atoms with Crippen molar-refractivity contribution in [2.45, 2.75) is 12.8 Å². The van der Waals surface area contributed by atoms with Crippen LogP contribution in [0.1, 0.15) is 39.1 Å². The van der Waals surface area contributed by atoms with E-state index in [-0.39, 0.29) is 17.6 Å². The molecule has 1 aliphatic rings. The zero-order valence-corrected chi connectivity index (χ0v) is 20.8. The van der Waals surface area contributed by atoms with Crippen LogP contribution in [0.3, 0.4) is 0 Å². The molecule has 1 heterocycles. The maximum Gasteiger partial charge on any atom is 0.256 e. The van der Waals surface area contributed by atoms with E-state index in [9.17, 15) is 14.4 Å². The number of carbonyl (C=O) groups excluding carboxylic acids is 3. The van der Waals surface area contributed by atoms with Crippen molar-refractivity contribution >= 4 is 29.1 Å². The second-order valence-corrected chi connectivity index (χ2v) is 8.94. The van der Waals surface area contributed by atoms with Crippen LogP contribution in [-0.4, -0.2) is 27.4 Å². The molecule has 0 saturated carbocycles. The van der Waals surface area contributed by atoms with E-state index in [4.69, 9.17) is 0 Å². The van der Waals surface area contributed by atoms with Crippen LogP contribution in [0.25, 0.3) is 11.3 Å². The van der Waals surface area contributed by atoms with Gasteiger partial charge in [0, 0.05) is 46.6 Å². The number of rotatable bonds is 7. The molecule has 0 radical (unpaired) electrons. The predicted octanol–water partition coefficient (Wildman–Crippen LogP) is 5.79. The first kappa shape index (κ1) is 24.6. The van der Waals surface area contributed by atoms with Crippen LogP contribution in [0.4, 0.5) is 11.5 Å². The van der Waals surface area contributed by atoms with E-state index in [0.29, 0.717) is 39.5 Å². The van der Waals surface area contributed by atoms with E-state index in [1.54, 1.807) is 66.3 Å². The van der Waals surface area contributed by atoms with Gasteiger partial charge in [-0.2, -0.15) is 5.10 Å². The Morgan fingerprint density at radius 3 is 2.24 bits per heavy atom. The molecule has 7 heteroatoms. The lowest BCUT2D eigenvalue weighted by atomic mass is 10.0. The molecule has 2 amide bonds. The third-order valence-electron chi connectivity index (χ3n) is 6.24. The Morgan fingerprint density at radius 1 is 0.763 bits per heavy atom. The predicted molar refractivity (Wildman–Crippen MR) is 148 cm³/mol. The summed E-state index contributed by atoms with van der Waals surface area (Å²) in [6.07, 6.45) is 7.60. The number of allylic oxidation sites excluding steroid dienone is 2. The third-order valence-corrected chi connectivity index (χ3v) is 6.24. The van der Waals surface area contributed by atoms with Crippen LogP contribution in [0, 0.1) is 0 Å². The zero-order valence-electron chi connectivity index (χ0n) is 20.8. The summed E-state index contributed by atoms with van der Waals surface area (Å²) in [5, 5.41) is 10.3. The molecule has 0 spiro atoms. The average molecular weight is 503 g/mol. The van der Waals surface area contributed by atoms with Gasteiger partial charge in [0.2, 0.25) is 0 Å². The molecule has 38 heavy (non-hydrogen) atoms. The lowest BCUT2D eigenvalue weighted by molar-refractivity contribution is -0.112. The van der Waals surface area contributed by atoms with Crippen LogP contribution in [0.15, 0.2) is 109 Å². The summed E-state index contributed by atoms with van der Waals surface area (Å²) in [5.74, 6) is -0.106. The number of carbonyl (C=O) groups is 3. The number of ketones is 1. The van der Waals surface area contributed by atoms with E-state index < -0.39 is 0 Å². The van der Waals surface area contributed by atoms with Crippen molar-refractivity contribution in [1.29, 1.82) is 0 Å². The normalized spacial score (nSPS) is 12.5. The highest BCUT2D eigenvalue weighted by Crippen LogP contribution is 2.24. The monoisotopic (exact) mass is 502 g/mol. The standard InChI is InChI=1S/C31H26N4O3/c1-35-28(33-31(38)25-14-8-13-24(19-25)29(36)22-9-4-2-5-10-22)20-27(34-35)21-15-17-26(18-16-21)32-30(37)23-11-6-3-7-12-23/h2,4-6,8-20H,3,7H2,1H3,(H,32,37)(H,33,38). The van der Waals surface area contributed by atoms with Gasteiger partial charge in [0.1, 0.15) is 5.82 Å². The fraction of sp³-hybridized carbons (Fsp3) is 0.0968. The number of anilines is 2. The van der Waals surface area contributed by atoms with Crippen molar-refractivity contribution in [1.82, 2.24) is 9.78 Å². The molecule has 5 rings (SSSR count). The molecular formula is C31H26N4O3. The summed E-state index contributed by atoms with van der Waals surface area (Å²) in [7, 11) is 1.74. The van der Waals surface area contributed by atoms with E-state index in [1.165, 1.54) is 0 Å². The van der Waals surface area contributed by atoms with Crippen LogP contribution in [-0.2, 0) is 11.8 Å². The van der Waals surface area contributed by atoms with Crippen LogP contribution >= 0.6 is 0 Å². The Labute approximate surface area is 220 Å². The van der Waals surface area contributed by atoms with Gasteiger partial charge in [0.05, 0.1) is 5.69 Å². The van der Waals surface area contributed by atoms with Gasteiger partial charge in [-0.05, 0) is 37.1 Å². The van der Waals surface area contributed by atoms with Crippen molar-refractivity contribution in [3.63, 3.8) is 0 Å². The van der Waals surface area contributed by atoms with Gasteiger partial charge in [0.15, 0.2) is 5.78 Å². The molecule has 2 N–H and O–H groups in total. The molecule has 4 aromatic rings. The molecule has 0 aliphatic heterocycles. The maximum absolute atomic E-state index is 13.0. The Bertz CT molecular complexity index is 1560. The minimum Gasteiger partial charge on any atom is -0.322 e. The van der Waals surface area contributed by atoms with E-state index in [1.807, 2.05) is 48.6 Å². The van der Waals surface area contributed by atoms with Crippen LogP contribution < -0.4 is 10.6 Å². The van der Waals surface area contributed by atoms with Crippen LogP contribution in [0.5, 0.6) is 0 Å². The highest BCUT2D eigenvalue weighted by atomic mass is 16.2. The highest BCUT2D eigenvalue weighted by molar-refractivity contribution is 6.11. The van der Waals surface area contributed by atoms with Gasteiger partial charge < -0.3 is 10.6 Å². The number of hydrogen-bond acceptors (Lipinski definition) is 4. The lowest BCUT2D eigenvalue weighted by Crippen LogP contribution is -2.15. The fourth-order valence-electron chi connectivity index (χ4n) is 4.18. The first-order chi connectivity index (χ1) is 18.5. The number of amides is 2. The first-order valence-corrected chi connectivity index (χ1v) is 12.3. The molecule has 1 aromatic heterocycles. The molecule has 0 atom stereocenters. The van der Waals surface area contributed by atoms with Crippen molar-refractivity contribution < 1.29 is 14.4 Å². The summed E-state index contributed by atoms with van der Waals surface area (Å²) >= 11 is 0. The average Bonchev–Trinajstić information content (AvgIpc) is 3.33. The van der Waals surface area contributed by atoms with Crippen molar-refractivity contribution in [2.75, 3.05) is 10.6 Å². The van der Waals surface area contributed by atoms with Gasteiger partial charge in [-0.1, -0.05) is 72.8 Å². The fourth-order valence-corrected chi connectivity index (χ4v) is 4.18. The Kier molecular flexibility index (Phi) is 7.08. The smallest absolute Gasteiger partial charge is 0.256 e. The topological polar surface area (TPSA) is 93.1 Å². The lowest BCUT2D eigenvalue weighted by Gasteiger charge is -2.08. The number of aromatic nitrogens is 2. The van der Waals surface area contributed by atoms with Crippen molar-refractivity contribution in [2.24, 2.45) is 7.05 Å².